The summed E-state index contributed by atoms with van der Waals surface area (Å²) in [5.74, 6) is 0.342. The largest absolute Gasteiger partial charge is 0.337 e. The van der Waals surface area contributed by atoms with Crippen LogP contribution in [0.3, 0.4) is 0 Å². The van der Waals surface area contributed by atoms with Gasteiger partial charge in [-0.1, -0.05) is 24.6 Å². The molecule has 146 valence electrons. The van der Waals surface area contributed by atoms with E-state index < -0.39 is 12.2 Å². The van der Waals surface area contributed by atoms with Crippen molar-refractivity contribution in [2.24, 2.45) is 5.92 Å². The van der Waals surface area contributed by atoms with Gasteiger partial charge in [-0.3, -0.25) is 9.88 Å². The van der Waals surface area contributed by atoms with Crippen molar-refractivity contribution in [2.75, 3.05) is 18.4 Å². The number of fused-ring (bicyclic) bond motifs is 1. The zero-order valence-corrected chi connectivity index (χ0v) is 17.3. The highest BCUT2D eigenvalue weighted by molar-refractivity contribution is 9.10. The van der Waals surface area contributed by atoms with Gasteiger partial charge in [0.05, 0.1) is 16.2 Å². The summed E-state index contributed by atoms with van der Waals surface area (Å²) in [4.78, 5) is 14.7. The maximum absolute atomic E-state index is 13.4. The normalized spacial score (nSPS) is 15.2. The summed E-state index contributed by atoms with van der Waals surface area (Å²) in [5.41, 5.74) is 2.27. The van der Waals surface area contributed by atoms with Crippen molar-refractivity contribution in [1.82, 2.24) is 19.9 Å². The Hall–Kier alpha value is -1.90. The molecule has 0 aliphatic carbocycles. The Morgan fingerprint density at radius 1 is 1.32 bits per heavy atom. The van der Waals surface area contributed by atoms with E-state index in [4.69, 9.17) is 11.6 Å². The van der Waals surface area contributed by atoms with Crippen LogP contribution in [0.4, 0.5) is 20.3 Å². The van der Waals surface area contributed by atoms with Crippen LogP contribution < -0.4 is 5.32 Å². The van der Waals surface area contributed by atoms with Gasteiger partial charge < -0.3 is 5.32 Å². The fraction of sp³-hybridized carbons (Fsp3) is 0.316. The van der Waals surface area contributed by atoms with Gasteiger partial charge in [-0.2, -0.15) is 0 Å². The van der Waals surface area contributed by atoms with Crippen LogP contribution in [0.15, 0.2) is 34.9 Å². The number of hydrogen-bond donors (Lipinski definition) is 1. The lowest BCUT2D eigenvalue weighted by molar-refractivity contribution is 0.105. The quantitative estimate of drug-likeness (QED) is 0.530. The van der Waals surface area contributed by atoms with Crippen LogP contribution in [0.2, 0.25) is 5.02 Å². The van der Waals surface area contributed by atoms with Crippen molar-refractivity contribution in [3.05, 3.63) is 51.3 Å². The minimum atomic E-state index is -2.79. The molecule has 2 aromatic heterocycles. The molecule has 0 radical (unpaired) electrons. The van der Waals surface area contributed by atoms with Crippen LogP contribution in [0.25, 0.3) is 11.0 Å². The minimum absolute atomic E-state index is 0.199. The topological polar surface area (TPSA) is 53.9 Å². The molecule has 1 saturated heterocycles. The molecule has 1 fully saturated rings. The molecule has 0 amide bonds. The summed E-state index contributed by atoms with van der Waals surface area (Å²) in [6.07, 6.45) is -1.05. The maximum atomic E-state index is 13.4. The molecular formula is C19H17BrClF2N5. The van der Waals surface area contributed by atoms with Gasteiger partial charge in [-0.05, 0) is 45.6 Å². The third kappa shape index (κ3) is 3.94. The highest BCUT2D eigenvalue weighted by Crippen LogP contribution is 2.33. The van der Waals surface area contributed by atoms with Gasteiger partial charge in [-0.15, -0.1) is 0 Å². The highest BCUT2D eigenvalue weighted by atomic mass is 79.9. The molecule has 5 nitrogen and oxygen atoms in total. The van der Waals surface area contributed by atoms with Crippen molar-refractivity contribution in [1.29, 1.82) is 0 Å². The lowest BCUT2D eigenvalue weighted by Gasteiger charge is -2.37. The van der Waals surface area contributed by atoms with Crippen LogP contribution in [0.1, 0.15) is 24.7 Å². The Morgan fingerprint density at radius 3 is 2.82 bits per heavy atom. The first-order valence-corrected chi connectivity index (χ1v) is 9.96. The van der Waals surface area contributed by atoms with Gasteiger partial charge in [0.2, 0.25) is 0 Å². The Balaban J connectivity index is 1.73. The van der Waals surface area contributed by atoms with Crippen molar-refractivity contribution in [3.63, 3.8) is 0 Å². The molecular weight excluding hydrogens is 452 g/mol. The molecule has 3 heterocycles. The van der Waals surface area contributed by atoms with Gasteiger partial charge >= 0.3 is 0 Å². The number of hydrogen-bond acceptors (Lipinski definition) is 5. The zero-order valence-electron chi connectivity index (χ0n) is 15.0. The zero-order chi connectivity index (χ0) is 19.8. The molecule has 1 aliphatic heterocycles. The van der Waals surface area contributed by atoms with Crippen molar-refractivity contribution in [2.45, 2.75) is 19.9 Å². The van der Waals surface area contributed by atoms with Crippen LogP contribution in [-0.4, -0.2) is 32.9 Å². The number of anilines is 2. The molecule has 4 rings (SSSR count). The fourth-order valence-electron chi connectivity index (χ4n) is 3.29. The Morgan fingerprint density at radius 2 is 2.11 bits per heavy atom. The van der Waals surface area contributed by atoms with Crippen LogP contribution in [0, 0.1) is 5.92 Å². The number of alkyl halides is 2. The first-order chi connectivity index (χ1) is 13.4. The summed E-state index contributed by atoms with van der Waals surface area (Å²) in [6.45, 7) is 4.97. The SMILES string of the molecule is CC1CN(Cc2cnc3c(Nc4cccc(Br)c4Cl)nc(C(F)F)nc3c2)C1. The second kappa shape index (κ2) is 7.85. The number of nitrogens with one attached hydrogen (secondary N) is 1. The molecule has 1 aromatic carbocycles. The summed E-state index contributed by atoms with van der Waals surface area (Å²) >= 11 is 9.64. The van der Waals surface area contributed by atoms with Crippen molar-refractivity contribution >= 4 is 50.1 Å². The lowest BCUT2D eigenvalue weighted by atomic mass is 10.0. The molecule has 3 aromatic rings. The maximum Gasteiger partial charge on any atom is 0.297 e. The Kier molecular flexibility index (Phi) is 5.44. The number of rotatable bonds is 5. The van der Waals surface area contributed by atoms with E-state index in [-0.39, 0.29) is 5.82 Å². The van der Waals surface area contributed by atoms with Gasteiger partial charge in [0.1, 0.15) is 5.52 Å². The summed E-state index contributed by atoms with van der Waals surface area (Å²) in [6, 6.07) is 7.11. The molecule has 28 heavy (non-hydrogen) atoms. The predicted molar refractivity (Wildman–Crippen MR) is 109 cm³/mol. The lowest BCUT2D eigenvalue weighted by Crippen LogP contribution is -2.44. The third-order valence-corrected chi connectivity index (χ3v) is 5.85. The van der Waals surface area contributed by atoms with E-state index in [1.807, 2.05) is 0 Å². The second-order valence-corrected chi connectivity index (χ2v) is 8.20. The van der Waals surface area contributed by atoms with Gasteiger partial charge in [0.15, 0.2) is 11.6 Å². The average molecular weight is 469 g/mol. The van der Waals surface area contributed by atoms with Gasteiger partial charge in [-0.25, -0.2) is 18.7 Å². The molecule has 9 heteroatoms. The summed E-state index contributed by atoms with van der Waals surface area (Å²) < 4.78 is 27.4. The van der Waals surface area contributed by atoms with Crippen molar-refractivity contribution < 1.29 is 8.78 Å². The predicted octanol–water partition coefficient (Wildman–Crippen LogP) is 5.57. The highest BCUT2D eigenvalue weighted by Gasteiger charge is 2.23. The van der Waals surface area contributed by atoms with E-state index >= 15 is 0 Å². The number of nitrogens with zero attached hydrogens (tertiary/aromatic N) is 4. The molecule has 1 N–H and O–H groups in total. The monoisotopic (exact) mass is 467 g/mol. The van der Waals surface area contributed by atoms with Crippen LogP contribution in [0.5, 0.6) is 0 Å². The molecule has 0 spiro atoms. The smallest absolute Gasteiger partial charge is 0.297 e. The van der Waals surface area contributed by atoms with E-state index in [1.165, 1.54) is 0 Å². The van der Waals surface area contributed by atoms with Gasteiger partial charge in [0, 0.05) is 30.3 Å². The van der Waals surface area contributed by atoms with Crippen molar-refractivity contribution in [3.8, 4) is 0 Å². The first-order valence-electron chi connectivity index (χ1n) is 8.79. The third-order valence-electron chi connectivity index (χ3n) is 4.56. The van der Waals surface area contributed by atoms with E-state index in [1.54, 1.807) is 30.5 Å². The van der Waals surface area contributed by atoms with Crippen LogP contribution >= 0.6 is 27.5 Å². The van der Waals surface area contributed by atoms with E-state index in [0.717, 1.165) is 25.2 Å². The Bertz CT molecular complexity index is 1030. The molecule has 1 aliphatic rings. The van der Waals surface area contributed by atoms with E-state index in [2.05, 4.69) is 48.0 Å². The molecule has 0 saturated carbocycles. The van der Waals surface area contributed by atoms with Gasteiger partial charge in [0.25, 0.3) is 6.43 Å². The average Bonchev–Trinajstić information content (AvgIpc) is 2.63. The summed E-state index contributed by atoms with van der Waals surface area (Å²) in [5, 5.41) is 3.45. The standard InChI is InChI=1S/C19H17BrClF2N5/c1-10-7-28(8-10)9-11-5-14-16(24-6-11)18(27-19(26-14)17(22)23)25-13-4-2-3-12(20)15(13)21/h2-6,10,17H,7-9H2,1H3,(H,25,26,27). The first kappa shape index (κ1) is 19.4. The molecule has 0 unspecified atom stereocenters. The number of aromatic nitrogens is 3. The molecule has 0 atom stereocenters. The molecule has 0 bridgehead atoms. The van der Waals surface area contributed by atoms with E-state index in [9.17, 15) is 8.78 Å². The second-order valence-electron chi connectivity index (χ2n) is 6.97. The Labute approximate surface area is 174 Å². The summed E-state index contributed by atoms with van der Waals surface area (Å²) in [7, 11) is 0. The minimum Gasteiger partial charge on any atom is -0.337 e. The number of benzene rings is 1. The van der Waals surface area contributed by atoms with E-state index in [0.29, 0.717) is 32.1 Å². The number of likely N-dealkylation sites (tertiary alicyclic amines) is 1. The number of halogens is 4. The van der Waals surface area contributed by atoms with Crippen LogP contribution in [-0.2, 0) is 6.54 Å². The fourth-order valence-corrected chi connectivity index (χ4v) is 3.83. The number of pyridine rings is 1.